The van der Waals surface area contributed by atoms with Gasteiger partial charge in [0.2, 0.25) is 0 Å². The van der Waals surface area contributed by atoms with E-state index in [1.165, 1.54) is 281 Å². The van der Waals surface area contributed by atoms with E-state index in [0.29, 0.717) is 5.54 Å². The van der Waals surface area contributed by atoms with Crippen molar-refractivity contribution in [2.75, 3.05) is 19.6 Å². The van der Waals surface area contributed by atoms with Crippen molar-refractivity contribution in [1.82, 2.24) is 0 Å². The fraction of sp³-hybridized carbons (Fsp3) is 1.00. The summed E-state index contributed by atoms with van der Waals surface area (Å²) in [5.41, 5.74) is 0.523. The second-order valence-electron chi connectivity index (χ2n) is 17.8. The van der Waals surface area contributed by atoms with Crippen molar-refractivity contribution in [2.45, 2.75) is 304 Å². The summed E-state index contributed by atoms with van der Waals surface area (Å²) < 4.78 is 1.53. The summed E-state index contributed by atoms with van der Waals surface area (Å²) in [4.78, 5) is 0. The van der Waals surface area contributed by atoms with Gasteiger partial charge in [0.25, 0.3) is 0 Å². The Balaban J connectivity index is 6.55. The zero-order valence-electron chi connectivity index (χ0n) is 37.4. The highest BCUT2D eigenvalue weighted by Crippen LogP contribution is 2.42. The van der Waals surface area contributed by atoms with Crippen molar-refractivity contribution in [2.24, 2.45) is 0 Å². The van der Waals surface area contributed by atoms with E-state index in [9.17, 15) is 0 Å². The molecule has 0 saturated heterocycles. The van der Waals surface area contributed by atoms with Crippen molar-refractivity contribution in [1.29, 1.82) is 0 Å². The third kappa shape index (κ3) is 28.1. The molecule has 1 heteroatoms. The van der Waals surface area contributed by atoms with Gasteiger partial charge in [-0.25, -0.2) is 0 Å². The Kier molecular flexibility index (Phi) is 39.6. The summed E-state index contributed by atoms with van der Waals surface area (Å²) in [5, 5.41) is 0. The van der Waals surface area contributed by atoms with Crippen LogP contribution in [0.3, 0.4) is 0 Å². The maximum absolute atomic E-state index is 2.38. The van der Waals surface area contributed by atoms with Gasteiger partial charge in [-0.3, -0.25) is 0 Å². The van der Waals surface area contributed by atoms with Gasteiger partial charge >= 0.3 is 0 Å². The van der Waals surface area contributed by atoms with Gasteiger partial charge in [-0.1, -0.05) is 221 Å². The summed E-state index contributed by atoms with van der Waals surface area (Å²) >= 11 is 0. The van der Waals surface area contributed by atoms with Crippen LogP contribution >= 0.6 is 0 Å². The van der Waals surface area contributed by atoms with Crippen LogP contribution in [0.4, 0.5) is 0 Å². The Hall–Kier alpha value is -0.0400. The van der Waals surface area contributed by atoms with E-state index in [0.717, 1.165) is 0 Å². The molecule has 0 bridgehead atoms. The third-order valence-corrected chi connectivity index (χ3v) is 13.1. The van der Waals surface area contributed by atoms with E-state index < -0.39 is 0 Å². The molecule has 0 atom stereocenters. The molecule has 0 rings (SSSR count). The van der Waals surface area contributed by atoms with Crippen LogP contribution in [0.2, 0.25) is 0 Å². The van der Waals surface area contributed by atoms with E-state index in [1.807, 2.05) is 0 Å². The van der Waals surface area contributed by atoms with Crippen molar-refractivity contribution in [3.63, 3.8) is 0 Å². The minimum atomic E-state index is 0.523. The van der Waals surface area contributed by atoms with Gasteiger partial charge < -0.3 is 4.48 Å². The molecule has 0 aliphatic carbocycles. The molecular formula is C50H104N+. The lowest BCUT2D eigenvalue weighted by molar-refractivity contribution is -0.978. The second-order valence-corrected chi connectivity index (χ2v) is 17.8. The summed E-state index contributed by atoms with van der Waals surface area (Å²) in [5.74, 6) is 0. The largest absolute Gasteiger partial charge is 0.319 e. The molecule has 0 fully saturated rings. The molecule has 0 aliphatic rings. The number of nitrogens with zero attached hydrogens (tertiary/aromatic N) is 1. The molecule has 0 N–H and O–H groups in total. The monoisotopic (exact) mass is 719 g/mol. The zero-order chi connectivity index (χ0) is 37.4. The lowest BCUT2D eigenvalue weighted by atomic mass is 9.76. The number of hydrogen-bond acceptors (Lipinski definition) is 0. The zero-order valence-corrected chi connectivity index (χ0v) is 37.4. The molecule has 0 aromatic rings. The number of rotatable bonds is 44. The van der Waals surface area contributed by atoms with Crippen LogP contribution in [0.15, 0.2) is 0 Å². The van der Waals surface area contributed by atoms with Gasteiger partial charge in [-0.05, 0) is 57.8 Å². The fourth-order valence-electron chi connectivity index (χ4n) is 9.60. The predicted molar refractivity (Wildman–Crippen MR) is 236 cm³/mol. The topological polar surface area (TPSA) is 0 Å². The number of hydrogen-bond donors (Lipinski definition) is 0. The lowest BCUT2D eigenvalue weighted by Crippen LogP contribution is -2.65. The van der Waals surface area contributed by atoms with E-state index in [1.54, 1.807) is 0 Å². The van der Waals surface area contributed by atoms with E-state index in [4.69, 9.17) is 0 Å². The first kappa shape index (κ1) is 51.0. The normalized spacial score (nSPS) is 12.4. The molecule has 0 unspecified atom stereocenters. The van der Waals surface area contributed by atoms with Gasteiger partial charge in [0, 0.05) is 19.3 Å². The smallest absolute Gasteiger partial charge is 0.0992 e. The summed E-state index contributed by atoms with van der Waals surface area (Å²) in [6.07, 6.45) is 58.4. The molecular weight excluding hydrogens is 615 g/mol. The number of unbranched alkanes of at least 4 members (excludes halogenated alkanes) is 31. The molecule has 0 aromatic carbocycles. The Morgan fingerprint density at radius 2 is 0.392 bits per heavy atom. The van der Waals surface area contributed by atoms with Gasteiger partial charge in [0.1, 0.15) is 0 Å². The molecule has 0 heterocycles. The van der Waals surface area contributed by atoms with Crippen LogP contribution in [-0.2, 0) is 0 Å². The highest BCUT2D eigenvalue weighted by molar-refractivity contribution is 4.84. The molecule has 1 nitrogen and oxygen atoms in total. The predicted octanol–water partition coefficient (Wildman–Crippen LogP) is 18.3. The lowest BCUT2D eigenvalue weighted by Gasteiger charge is -2.55. The average molecular weight is 719 g/mol. The highest BCUT2D eigenvalue weighted by atomic mass is 15.4. The Bertz CT molecular complexity index is 582. The molecule has 0 spiro atoms. The van der Waals surface area contributed by atoms with Crippen LogP contribution in [0, 0.1) is 0 Å². The van der Waals surface area contributed by atoms with Crippen LogP contribution in [-0.4, -0.2) is 29.7 Å². The standard InChI is InChI=1S/C50H104N/c1-7-13-19-25-31-37-43-49-51(47-41-35-29-23-17-11-5,48-42-36-30-24-18-12-6)50(44-38-32-26-20-14-8-2,45-39-33-27-21-15-9-3)46-40-34-28-22-16-10-4/h7-49H2,1-6H3/q+1. The molecule has 308 valence electrons. The van der Waals surface area contributed by atoms with Crippen LogP contribution in [0.25, 0.3) is 0 Å². The summed E-state index contributed by atoms with van der Waals surface area (Å²) in [6, 6.07) is 0. The molecule has 0 aromatic heterocycles. The second kappa shape index (κ2) is 39.6. The number of quaternary nitrogens is 1. The average Bonchev–Trinajstić information content (AvgIpc) is 3.14. The van der Waals surface area contributed by atoms with Crippen molar-refractivity contribution < 1.29 is 4.48 Å². The molecule has 0 radical (unpaired) electrons. The van der Waals surface area contributed by atoms with E-state index >= 15 is 0 Å². The Morgan fingerprint density at radius 1 is 0.216 bits per heavy atom. The van der Waals surface area contributed by atoms with Gasteiger partial charge in [-0.15, -0.1) is 0 Å². The van der Waals surface area contributed by atoms with Crippen molar-refractivity contribution >= 4 is 0 Å². The Morgan fingerprint density at radius 3 is 0.608 bits per heavy atom. The SMILES string of the molecule is CCCCCCCCC[N+](CCCCCCCC)(CCCCCCCC)C(CCCCCCCC)(CCCCCCCC)CCCCCCCC. The first-order valence-electron chi connectivity index (χ1n) is 25.0. The fourth-order valence-corrected chi connectivity index (χ4v) is 9.60. The summed E-state index contributed by atoms with van der Waals surface area (Å²) in [6.45, 7) is 18.8. The summed E-state index contributed by atoms with van der Waals surface area (Å²) in [7, 11) is 0. The molecule has 0 amide bonds. The minimum absolute atomic E-state index is 0.523. The Labute approximate surface area is 327 Å². The molecule has 0 saturated carbocycles. The van der Waals surface area contributed by atoms with Crippen molar-refractivity contribution in [3.8, 4) is 0 Å². The molecule has 51 heavy (non-hydrogen) atoms. The van der Waals surface area contributed by atoms with E-state index in [-0.39, 0.29) is 0 Å². The molecule has 0 aliphatic heterocycles. The highest BCUT2D eigenvalue weighted by Gasteiger charge is 2.48. The van der Waals surface area contributed by atoms with Gasteiger partial charge in [-0.2, -0.15) is 0 Å². The van der Waals surface area contributed by atoms with E-state index in [2.05, 4.69) is 41.5 Å². The quantitative estimate of drug-likeness (QED) is 0.0435. The van der Waals surface area contributed by atoms with Crippen molar-refractivity contribution in [3.05, 3.63) is 0 Å². The minimum Gasteiger partial charge on any atom is -0.319 e. The third-order valence-electron chi connectivity index (χ3n) is 13.1. The first-order chi connectivity index (χ1) is 25.1. The van der Waals surface area contributed by atoms with Gasteiger partial charge in [0.15, 0.2) is 0 Å². The first-order valence-corrected chi connectivity index (χ1v) is 25.0. The van der Waals surface area contributed by atoms with Gasteiger partial charge in [0.05, 0.1) is 25.2 Å². The van der Waals surface area contributed by atoms with Crippen LogP contribution in [0.5, 0.6) is 0 Å². The van der Waals surface area contributed by atoms with Crippen LogP contribution < -0.4 is 0 Å². The maximum atomic E-state index is 2.38. The maximum Gasteiger partial charge on any atom is 0.0992 e. The van der Waals surface area contributed by atoms with Crippen LogP contribution in [0.1, 0.15) is 298 Å².